The molecule has 0 atom stereocenters. The van der Waals surface area contributed by atoms with Crippen LogP contribution in [0.1, 0.15) is 35.3 Å². The molecule has 0 spiro atoms. The molecule has 4 rings (SSSR count). The number of nitrogens with zero attached hydrogens (tertiary/aromatic N) is 2. The van der Waals surface area contributed by atoms with Crippen LogP contribution in [0, 0.1) is 0 Å². The van der Waals surface area contributed by atoms with Crippen LogP contribution in [0.4, 0.5) is 5.13 Å². The average Bonchev–Trinajstić information content (AvgIpc) is 3.12. The Morgan fingerprint density at radius 3 is 2.75 bits per heavy atom. The Morgan fingerprint density at radius 2 is 2.00 bits per heavy atom. The third-order valence-electron chi connectivity index (χ3n) is 4.74. The SMILES string of the molecule is COC(=O)c1cccc2c1CN(c1nc3ccccc3s1)C2(C)C. The lowest BCUT2D eigenvalue weighted by Gasteiger charge is -2.32. The molecule has 0 N–H and O–H groups in total. The fourth-order valence-electron chi connectivity index (χ4n) is 3.41. The smallest absolute Gasteiger partial charge is 0.338 e. The molecule has 5 heteroatoms. The summed E-state index contributed by atoms with van der Waals surface area (Å²) in [4.78, 5) is 19.2. The van der Waals surface area contributed by atoms with Crippen molar-refractivity contribution in [2.75, 3.05) is 12.0 Å². The van der Waals surface area contributed by atoms with Gasteiger partial charge in [0.1, 0.15) is 0 Å². The first-order valence-electron chi connectivity index (χ1n) is 7.86. The summed E-state index contributed by atoms with van der Waals surface area (Å²) < 4.78 is 6.12. The highest BCUT2D eigenvalue weighted by atomic mass is 32.1. The molecule has 0 radical (unpaired) electrons. The van der Waals surface area contributed by atoms with Crippen molar-refractivity contribution in [2.24, 2.45) is 0 Å². The van der Waals surface area contributed by atoms with Crippen LogP contribution in [0.2, 0.25) is 0 Å². The zero-order valence-electron chi connectivity index (χ0n) is 13.9. The molecule has 3 aromatic rings. The van der Waals surface area contributed by atoms with E-state index in [-0.39, 0.29) is 11.5 Å². The lowest BCUT2D eigenvalue weighted by atomic mass is 9.92. The Kier molecular flexibility index (Phi) is 3.35. The van der Waals surface area contributed by atoms with Gasteiger partial charge in [0.25, 0.3) is 0 Å². The third kappa shape index (κ3) is 2.12. The van der Waals surface area contributed by atoms with E-state index in [4.69, 9.17) is 9.72 Å². The Labute approximate surface area is 144 Å². The Morgan fingerprint density at radius 1 is 1.21 bits per heavy atom. The van der Waals surface area contributed by atoms with Gasteiger partial charge < -0.3 is 9.64 Å². The van der Waals surface area contributed by atoms with Gasteiger partial charge in [0, 0.05) is 6.54 Å². The molecule has 122 valence electrons. The topological polar surface area (TPSA) is 42.4 Å². The first-order valence-corrected chi connectivity index (χ1v) is 8.68. The van der Waals surface area contributed by atoms with Crippen LogP contribution in [0.5, 0.6) is 0 Å². The van der Waals surface area contributed by atoms with Crippen molar-refractivity contribution in [3.8, 4) is 0 Å². The van der Waals surface area contributed by atoms with Crippen molar-refractivity contribution >= 4 is 32.7 Å². The third-order valence-corrected chi connectivity index (χ3v) is 5.80. The second-order valence-electron chi connectivity index (χ2n) is 6.43. The zero-order chi connectivity index (χ0) is 16.9. The molecule has 1 aliphatic rings. The second kappa shape index (κ2) is 5.31. The number of para-hydroxylation sites is 1. The maximum atomic E-state index is 12.1. The number of thiazole rings is 1. The highest BCUT2D eigenvalue weighted by Crippen LogP contribution is 2.45. The molecular formula is C19H18N2O2S. The lowest BCUT2D eigenvalue weighted by molar-refractivity contribution is 0.0599. The molecule has 0 amide bonds. The van der Waals surface area contributed by atoms with E-state index in [1.54, 1.807) is 11.3 Å². The number of carbonyl (C=O) groups excluding carboxylic acids is 1. The monoisotopic (exact) mass is 338 g/mol. The molecule has 0 unspecified atom stereocenters. The van der Waals surface area contributed by atoms with Gasteiger partial charge in [-0.1, -0.05) is 35.6 Å². The molecule has 4 nitrogen and oxygen atoms in total. The molecule has 0 bridgehead atoms. The summed E-state index contributed by atoms with van der Waals surface area (Å²) in [5.74, 6) is -0.284. The van der Waals surface area contributed by atoms with E-state index in [2.05, 4.69) is 30.9 Å². The lowest BCUT2D eigenvalue weighted by Crippen LogP contribution is -2.35. The van der Waals surface area contributed by atoms with Gasteiger partial charge in [0.15, 0.2) is 5.13 Å². The van der Waals surface area contributed by atoms with Crippen LogP contribution in [0.15, 0.2) is 42.5 Å². The largest absolute Gasteiger partial charge is 0.465 e. The van der Waals surface area contributed by atoms with E-state index < -0.39 is 0 Å². The van der Waals surface area contributed by atoms with Crippen LogP contribution in [-0.4, -0.2) is 18.1 Å². The number of fused-ring (bicyclic) bond motifs is 2. The predicted molar refractivity (Wildman–Crippen MR) is 96.6 cm³/mol. The van der Waals surface area contributed by atoms with Gasteiger partial charge in [0.05, 0.1) is 28.4 Å². The number of carbonyl (C=O) groups is 1. The highest BCUT2D eigenvalue weighted by Gasteiger charge is 2.40. The number of hydrogen-bond donors (Lipinski definition) is 0. The standard InChI is InChI=1S/C19H18N2O2S/c1-19(2)14-8-6-7-12(17(22)23-3)13(14)11-21(19)18-20-15-9-4-5-10-16(15)24-18/h4-10H,11H2,1-3H3. The first kappa shape index (κ1) is 15.1. The van der Waals surface area contributed by atoms with Gasteiger partial charge in [-0.3, -0.25) is 0 Å². The number of aromatic nitrogens is 1. The molecule has 24 heavy (non-hydrogen) atoms. The van der Waals surface area contributed by atoms with E-state index in [0.717, 1.165) is 21.8 Å². The van der Waals surface area contributed by atoms with Crippen LogP contribution >= 0.6 is 11.3 Å². The number of rotatable bonds is 2. The number of hydrogen-bond acceptors (Lipinski definition) is 5. The average molecular weight is 338 g/mol. The number of benzene rings is 2. The van der Waals surface area contributed by atoms with Gasteiger partial charge >= 0.3 is 5.97 Å². The van der Waals surface area contributed by atoms with Crippen molar-refractivity contribution in [1.29, 1.82) is 0 Å². The van der Waals surface area contributed by atoms with Gasteiger partial charge in [-0.05, 0) is 43.2 Å². The van der Waals surface area contributed by atoms with Crippen molar-refractivity contribution in [3.05, 3.63) is 59.2 Å². The normalized spacial score (nSPS) is 15.5. The number of methoxy groups -OCH3 is 1. The zero-order valence-corrected chi connectivity index (χ0v) is 14.7. The fourth-order valence-corrected chi connectivity index (χ4v) is 4.52. The summed E-state index contributed by atoms with van der Waals surface area (Å²) >= 11 is 1.69. The molecule has 0 fully saturated rings. The maximum Gasteiger partial charge on any atom is 0.338 e. The summed E-state index contributed by atoms with van der Waals surface area (Å²) in [5.41, 5.74) is 3.62. The first-order chi connectivity index (χ1) is 11.5. The predicted octanol–water partition coefficient (Wildman–Crippen LogP) is 4.34. The summed E-state index contributed by atoms with van der Waals surface area (Å²) in [6.07, 6.45) is 0. The van der Waals surface area contributed by atoms with Crippen LogP contribution in [-0.2, 0) is 16.8 Å². The molecule has 0 saturated carbocycles. The summed E-state index contributed by atoms with van der Waals surface area (Å²) in [6, 6.07) is 14.0. The van der Waals surface area contributed by atoms with E-state index in [1.807, 2.05) is 30.3 Å². The number of ether oxygens (including phenoxy) is 1. The molecule has 0 saturated heterocycles. The highest BCUT2D eigenvalue weighted by molar-refractivity contribution is 7.22. The molecule has 2 heterocycles. The quantitative estimate of drug-likeness (QED) is 0.652. The molecule has 2 aromatic carbocycles. The van der Waals surface area contributed by atoms with Crippen molar-refractivity contribution in [2.45, 2.75) is 25.9 Å². The minimum atomic E-state index is -0.284. The van der Waals surface area contributed by atoms with Crippen molar-refractivity contribution in [1.82, 2.24) is 4.98 Å². The number of esters is 1. The van der Waals surface area contributed by atoms with Gasteiger partial charge in [-0.2, -0.15) is 0 Å². The Hall–Kier alpha value is -2.40. The van der Waals surface area contributed by atoms with Crippen molar-refractivity contribution in [3.63, 3.8) is 0 Å². The van der Waals surface area contributed by atoms with Gasteiger partial charge in [0.2, 0.25) is 0 Å². The van der Waals surface area contributed by atoms with Crippen LogP contribution in [0.3, 0.4) is 0 Å². The van der Waals surface area contributed by atoms with Crippen LogP contribution in [0.25, 0.3) is 10.2 Å². The van der Waals surface area contributed by atoms with E-state index >= 15 is 0 Å². The van der Waals surface area contributed by atoms with E-state index in [0.29, 0.717) is 12.1 Å². The molecular weight excluding hydrogens is 320 g/mol. The minimum Gasteiger partial charge on any atom is -0.465 e. The molecule has 1 aliphatic heterocycles. The summed E-state index contributed by atoms with van der Waals surface area (Å²) in [6.45, 7) is 5.01. The van der Waals surface area contributed by atoms with E-state index in [9.17, 15) is 4.79 Å². The Bertz CT molecular complexity index is 912. The van der Waals surface area contributed by atoms with Gasteiger partial charge in [-0.15, -0.1) is 0 Å². The fraction of sp³-hybridized carbons (Fsp3) is 0.263. The number of anilines is 1. The summed E-state index contributed by atoms with van der Waals surface area (Å²) in [5, 5.41) is 0.980. The Balaban J connectivity index is 1.83. The van der Waals surface area contributed by atoms with Crippen molar-refractivity contribution < 1.29 is 9.53 Å². The van der Waals surface area contributed by atoms with Crippen LogP contribution < -0.4 is 4.90 Å². The second-order valence-corrected chi connectivity index (χ2v) is 7.44. The van der Waals surface area contributed by atoms with E-state index in [1.165, 1.54) is 11.8 Å². The molecule has 0 aliphatic carbocycles. The van der Waals surface area contributed by atoms with Gasteiger partial charge in [-0.25, -0.2) is 9.78 Å². The molecule has 1 aromatic heterocycles. The summed E-state index contributed by atoms with van der Waals surface area (Å²) in [7, 11) is 1.42. The maximum absolute atomic E-state index is 12.1. The minimum absolute atomic E-state index is 0.229.